The lowest BCUT2D eigenvalue weighted by molar-refractivity contribution is 0.631. The van der Waals surface area contributed by atoms with Crippen LogP contribution in [0, 0.1) is 17.1 Å². The zero-order chi connectivity index (χ0) is 10.7. The first-order valence-corrected chi connectivity index (χ1v) is 4.57. The second kappa shape index (κ2) is 3.93. The molecular weight excluding hydrogens is 189 g/mol. The van der Waals surface area contributed by atoms with Gasteiger partial charge in [-0.25, -0.2) is 4.39 Å². The highest BCUT2D eigenvalue weighted by Gasteiger charge is 2.09. The van der Waals surface area contributed by atoms with Gasteiger partial charge in [-0.3, -0.25) is 0 Å². The molecule has 2 heteroatoms. The zero-order valence-corrected chi connectivity index (χ0v) is 7.94. The van der Waals surface area contributed by atoms with Crippen molar-refractivity contribution in [2.45, 2.75) is 0 Å². The van der Waals surface area contributed by atoms with Crippen molar-refractivity contribution in [2.75, 3.05) is 0 Å². The third kappa shape index (κ3) is 1.72. The van der Waals surface area contributed by atoms with Crippen LogP contribution in [0.2, 0.25) is 0 Å². The summed E-state index contributed by atoms with van der Waals surface area (Å²) in [7, 11) is 0. The third-order valence-corrected chi connectivity index (χ3v) is 2.20. The van der Waals surface area contributed by atoms with Crippen molar-refractivity contribution in [1.82, 2.24) is 0 Å². The monoisotopic (exact) mass is 197 g/mol. The van der Waals surface area contributed by atoms with Gasteiger partial charge in [0, 0.05) is 5.56 Å². The van der Waals surface area contributed by atoms with E-state index in [2.05, 4.69) is 0 Å². The molecule has 72 valence electrons. The molecule has 0 spiro atoms. The Balaban J connectivity index is 2.68. The molecule has 0 aromatic heterocycles. The Hall–Kier alpha value is -2.14. The van der Waals surface area contributed by atoms with E-state index in [1.807, 2.05) is 24.3 Å². The maximum absolute atomic E-state index is 13.6. The molecule has 0 fully saturated rings. The predicted molar refractivity (Wildman–Crippen MR) is 56.6 cm³/mol. The van der Waals surface area contributed by atoms with Gasteiger partial charge in [-0.1, -0.05) is 36.4 Å². The molecule has 0 amide bonds. The highest BCUT2D eigenvalue weighted by Crippen LogP contribution is 2.25. The topological polar surface area (TPSA) is 23.8 Å². The van der Waals surface area contributed by atoms with Crippen molar-refractivity contribution in [2.24, 2.45) is 0 Å². The lowest BCUT2D eigenvalue weighted by atomic mass is 10.00. The molecule has 0 saturated heterocycles. The molecule has 2 aromatic rings. The van der Waals surface area contributed by atoms with Gasteiger partial charge in [0.05, 0.1) is 11.6 Å². The largest absolute Gasteiger partial charge is 0.206 e. The number of nitrogens with zero attached hydrogens (tertiary/aromatic N) is 1. The maximum atomic E-state index is 13.6. The Morgan fingerprint density at radius 1 is 0.933 bits per heavy atom. The van der Waals surface area contributed by atoms with E-state index in [0.29, 0.717) is 11.1 Å². The van der Waals surface area contributed by atoms with Gasteiger partial charge < -0.3 is 0 Å². The minimum absolute atomic E-state index is 0.361. The average Bonchev–Trinajstić information content (AvgIpc) is 2.29. The number of benzene rings is 2. The van der Waals surface area contributed by atoms with E-state index in [1.54, 1.807) is 24.3 Å². The number of halogens is 1. The van der Waals surface area contributed by atoms with E-state index in [4.69, 9.17) is 5.26 Å². The molecule has 2 aromatic carbocycles. The van der Waals surface area contributed by atoms with Crippen molar-refractivity contribution in [1.29, 1.82) is 5.26 Å². The molecule has 0 atom stereocenters. The van der Waals surface area contributed by atoms with Crippen molar-refractivity contribution in [3.8, 4) is 17.2 Å². The normalized spacial score (nSPS) is 9.60. The zero-order valence-electron chi connectivity index (χ0n) is 7.94. The molecule has 1 nitrogen and oxygen atoms in total. The van der Waals surface area contributed by atoms with Crippen LogP contribution in [0.25, 0.3) is 11.1 Å². The average molecular weight is 197 g/mol. The molecule has 0 saturated carbocycles. The van der Waals surface area contributed by atoms with Crippen LogP contribution in [0.3, 0.4) is 0 Å². The fourth-order valence-electron chi connectivity index (χ4n) is 1.52. The minimum Gasteiger partial charge on any atom is -0.206 e. The van der Waals surface area contributed by atoms with E-state index < -0.39 is 0 Å². The van der Waals surface area contributed by atoms with Gasteiger partial charge in [-0.15, -0.1) is 0 Å². The Morgan fingerprint density at radius 3 is 2.33 bits per heavy atom. The molecule has 0 aliphatic carbocycles. The minimum atomic E-state index is -0.361. The lowest BCUT2D eigenvalue weighted by Crippen LogP contribution is -1.88. The van der Waals surface area contributed by atoms with Gasteiger partial charge in [-0.05, 0) is 17.7 Å². The van der Waals surface area contributed by atoms with Crippen LogP contribution < -0.4 is 0 Å². The summed E-state index contributed by atoms with van der Waals surface area (Å²) >= 11 is 0. The highest BCUT2D eigenvalue weighted by atomic mass is 19.1. The molecule has 0 N–H and O–H groups in total. The predicted octanol–water partition coefficient (Wildman–Crippen LogP) is 3.36. The molecule has 2 rings (SSSR count). The third-order valence-electron chi connectivity index (χ3n) is 2.20. The lowest BCUT2D eigenvalue weighted by Gasteiger charge is -2.04. The quantitative estimate of drug-likeness (QED) is 0.687. The highest BCUT2D eigenvalue weighted by molar-refractivity contribution is 5.70. The van der Waals surface area contributed by atoms with Crippen LogP contribution in [0.4, 0.5) is 4.39 Å². The van der Waals surface area contributed by atoms with E-state index in [-0.39, 0.29) is 5.82 Å². The summed E-state index contributed by atoms with van der Waals surface area (Å²) in [5.41, 5.74) is 1.47. The van der Waals surface area contributed by atoms with Gasteiger partial charge in [-0.2, -0.15) is 5.26 Å². The maximum Gasteiger partial charge on any atom is 0.132 e. The summed E-state index contributed by atoms with van der Waals surface area (Å²) in [4.78, 5) is 0. The first-order chi connectivity index (χ1) is 7.33. The standard InChI is InChI=1S/C13H8FN/c14-12-8-4-7-11(9-15)13(12)10-5-2-1-3-6-10/h1-8H. The van der Waals surface area contributed by atoms with Crippen LogP contribution in [-0.4, -0.2) is 0 Å². The van der Waals surface area contributed by atoms with Gasteiger partial charge in [0.15, 0.2) is 0 Å². The SMILES string of the molecule is N#Cc1cccc(F)c1-c1ccccc1. The number of hydrogen-bond acceptors (Lipinski definition) is 1. The first kappa shape index (κ1) is 9.42. The molecule has 15 heavy (non-hydrogen) atoms. The molecule has 0 aliphatic heterocycles. The fourth-order valence-corrected chi connectivity index (χ4v) is 1.52. The fraction of sp³-hybridized carbons (Fsp3) is 0. The van der Waals surface area contributed by atoms with E-state index >= 15 is 0 Å². The summed E-state index contributed by atoms with van der Waals surface area (Å²) < 4.78 is 13.6. The van der Waals surface area contributed by atoms with Crippen LogP contribution >= 0.6 is 0 Å². The molecule has 0 aliphatic rings. The number of hydrogen-bond donors (Lipinski definition) is 0. The second-order valence-electron chi connectivity index (χ2n) is 3.14. The number of rotatable bonds is 1. The summed E-state index contributed by atoms with van der Waals surface area (Å²) in [5.74, 6) is -0.361. The van der Waals surface area contributed by atoms with Crippen molar-refractivity contribution >= 4 is 0 Å². The van der Waals surface area contributed by atoms with E-state index in [0.717, 1.165) is 5.56 Å². The Morgan fingerprint density at radius 2 is 1.67 bits per heavy atom. The van der Waals surface area contributed by atoms with Crippen LogP contribution in [0.15, 0.2) is 48.5 Å². The second-order valence-corrected chi connectivity index (χ2v) is 3.14. The molecule has 0 bridgehead atoms. The number of nitriles is 1. The van der Waals surface area contributed by atoms with E-state index in [1.165, 1.54) is 6.07 Å². The summed E-state index contributed by atoms with van der Waals surface area (Å²) in [5, 5.41) is 8.89. The first-order valence-electron chi connectivity index (χ1n) is 4.57. The molecule has 0 heterocycles. The Kier molecular flexibility index (Phi) is 2.47. The molecular formula is C13H8FN. The van der Waals surface area contributed by atoms with Gasteiger partial charge in [0.2, 0.25) is 0 Å². The Bertz CT molecular complexity index is 512. The van der Waals surface area contributed by atoms with Crippen molar-refractivity contribution < 1.29 is 4.39 Å². The molecule has 0 radical (unpaired) electrons. The van der Waals surface area contributed by atoms with E-state index in [9.17, 15) is 4.39 Å². The van der Waals surface area contributed by atoms with Crippen molar-refractivity contribution in [3.05, 3.63) is 59.9 Å². The van der Waals surface area contributed by atoms with Crippen LogP contribution in [0.1, 0.15) is 5.56 Å². The van der Waals surface area contributed by atoms with Crippen LogP contribution in [-0.2, 0) is 0 Å². The summed E-state index contributed by atoms with van der Waals surface area (Å²) in [6, 6.07) is 15.6. The van der Waals surface area contributed by atoms with Gasteiger partial charge in [0.1, 0.15) is 5.82 Å². The van der Waals surface area contributed by atoms with Gasteiger partial charge >= 0.3 is 0 Å². The molecule has 0 unspecified atom stereocenters. The Labute approximate surface area is 87.4 Å². The summed E-state index contributed by atoms with van der Waals surface area (Å²) in [6.45, 7) is 0. The van der Waals surface area contributed by atoms with Crippen molar-refractivity contribution in [3.63, 3.8) is 0 Å². The summed E-state index contributed by atoms with van der Waals surface area (Å²) in [6.07, 6.45) is 0. The smallest absolute Gasteiger partial charge is 0.132 e. The van der Waals surface area contributed by atoms with Gasteiger partial charge in [0.25, 0.3) is 0 Å². The van der Waals surface area contributed by atoms with Crippen LogP contribution in [0.5, 0.6) is 0 Å².